The lowest BCUT2D eigenvalue weighted by atomic mass is 9.87. The van der Waals surface area contributed by atoms with Gasteiger partial charge in [0, 0.05) is 0 Å². The minimum atomic E-state index is 1.02. The van der Waals surface area contributed by atoms with Crippen LogP contribution in [0.5, 0.6) is 0 Å². The van der Waals surface area contributed by atoms with E-state index in [0.29, 0.717) is 0 Å². The van der Waals surface area contributed by atoms with Gasteiger partial charge in [-0.15, -0.1) is 0 Å². The van der Waals surface area contributed by atoms with Crippen LogP contribution in [0.3, 0.4) is 0 Å². The fourth-order valence-corrected chi connectivity index (χ4v) is 3.00. The predicted octanol–water partition coefficient (Wildman–Crippen LogP) is 5.04. The summed E-state index contributed by atoms with van der Waals surface area (Å²) in [6.07, 6.45) is 9.99. The number of hydrogen-bond donors (Lipinski definition) is 0. The zero-order valence-electron chi connectivity index (χ0n) is 10.6. The van der Waals surface area contributed by atoms with Crippen molar-refractivity contribution in [3.8, 4) is 0 Å². The van der Waals surface area contributed by atoms with E-state index in [0.717, 1.165) is 6.42 Å². The molecule has 0 fully saturated rings. The highest BCUT2D eigenvalue weighted by molar-refractivity contribution is 6.05. The van der Waals surface area contributed by atoms with E-state index in [-0.39, 0.29) is 0 Å². The van der Waals surface area contributed by atoms with Crippen molar-refractivity contribution in [1.29, 1.82) is 0 Å². The van der Waals surface area contributed by atoms with Gasteiger partial charge in [-0.05, 0) is 39.8 Å². The highest BCUT2D eigenvalue weighted by Crippen LogP contribution is 2.39. The van der Waals surface area contributed by atoms with Crippen molar-refractivity contribution in [3.05, 3.63) is 82.9 Å². The normalized spacial score (nSPS) is 19.4. The maximum absolute atomic E-state index is 2.26. The smallest absolute Gasteiger partial charge is 0.00818 e. The SMILES string of the molecule is C1=Cc2ccccc2/C(=C2/C=Cc3ccccc32)C1. The molecule has 0 aliphatic heterocycles. The van der Waals surface area contributed by atoms with E-state index in [2.05, 4.69) is 72.8 Å². The maximum Gasteiger partial charge on any atom is -0.00818 e. The Kier molecular flexibility index (Phi) is 2.28. The Hall–Kier alpha value is -2.34. The van der Waals surface area contributed by atoms with Crippen LogP contribution in [-0.2, 0) is 0 Å². The first-order valence-corrected chi connectivity index (χ1v) is 6.70. The predicted molar refractivity (Wildman–Crippen MR) is 82.4 cm³/mol. The summed E-state index contributed by atoms with van der Waals surface area (Å²) in [5, 5.41) is 0. The van der Waals surface area contributed by atoms with Gasteiger partial charge in [-0.3, -0.25) is 0 Å². The quantitative estimate of drug-likeness (QED) is 0.607. The average molecular weight is 242 g/mol. The molecule has 0 unspecified atom stereocenters. The molecular formula is C19H14. The number of hydrogen-bond acceptors (Lipinski definition) is 0. The van der Waals surface area contributed by atoms with Crippen molar-refractivity contribution >= 4 is 23.3 Å². The van der Waals surface area contributed by atoms with Gasteiger partial charge in [0.2, 0.25) is 0 Å². The van der Waals surface area contributed by atoms with E-state index in [1.54, 1.807) is 0 Å². The van der Waals surface area contributed by atoms with E-state index in [1.165, 1.54) is 33.4 Å². The molecule has 0 spiro atoms. The summed E-state index contributed by atoms with van der Waals surface area (Å²) in [6, 6.07) is 17.3. The van der Waals surface area contributed by atoms with Crippen LogP contribution in [0.15, 0.2) is 60.7 Å². The molecular weight excluding hydrogens is 228 g/mol. The molecule has 2 aromatic rings. The van der Waals surface area contributed by atoms with Crippen LogP contribution in [0.2, 0.25) is 0 Å². The van der Waals surface area contributed by atoms with Crippen molar-refractivity contribution < 1.29 is 0 Å². The molecule has 0 bridgehead atoms. The second-order valence-corrected chi connectivity index (χ2v) is 5.01. The zero-order chi connectivity index (χ0) is 12.7. The number of rotatable bonds is 0. The molecule has 4 rings (SSSR count). The lowest BCUT2D eigenvalue weighted by molar-refractivity contribution is 1.36. The molecule has 0 aromatic heterocycles. The summed E-state index contributed by atoms with van der Waals surface area (Å²) in [5.41, 5.74) is 8.22. The van der Waals surface area contributed by atoms with Crippen LogP contribution >= 0.6 is 0 Å². The van der Waals surface area contributed by atoms with Gasteiger partial charge in [-0.2, -0.15) is 0 Å². The van der Waals surface area contributed by atoms with Gasteiger partial charge in [0.05, 0.1) is 0 Å². The molecule has 90 valence electrons. The van der Waals surface area contributed by atoms with Crippen LogP contribution in [0, 0.1) is 0 Å². The lowest BCUT2D eigenvalue weighted by Crippen LogP contribution is -1.95. The van der Waals surface area contributed by atoms with Crippen LogP contribution in [0.4, 0.5) is 0 Å². The highest BCUT2D eigenvalue weighted by Gasteiger charge is 2.17. The average Bonchev–Trinajstić information content (AvgIpc) is 2.90. The molecule has 2 aliphatic carbocycles. The van der Waals surface area contributed by atoms with E-state index in [1.807, 2.05) is 0 Å². The van der Waals surface area contributed by atoms with Crippen molar-refractivity contribution in [2.24, 2.45) is 0 Å². The molecule has 0 heteroatoms. The molecule has 2 aromatic carbocycles. The lowest BCUT2D eigenvalue weighted by Gasteiger charge is -2.17. The topological polar surface area (TPSA) is 0 Å². The molecule has 0 amide bonds. The third kappa shape index (κ3) is 1.61. The van der Waals surface area contributed by atoms with Crippen LogP contribution in [0.25, 0.3) is 23.3 Å². The number of fused-ring (bicyclic) bond motifs is 2. The Labute approximate surface area is 113 Å². The van der Waals surface area contributed by atoms with Crippen molar-refractivity contribution in [2.75, 3.05) is 0 Å². The Morgan fingerprint density at radius 1 is 0.632 bits per heavy atom. The minimum Gasteiger partial charge on any atom is -0.0795 e. The van der Waals surface area contributed by atoms with Crippen molar-refractivity contribution in [2.45, 2.75) is 6.42 Å². The second kappa shape index (κ2) is 4.10. The molecule has 0 radical (unpaired) electrons. The summed E-state index contributed by atoms with van der Waals surface area (Å²) in [5.74, 6) is 0. The molecule has 2 aliphatic rings. The monoisotopic (exact) mass is 242 g/mol. The summed E-state index contributed by atoms with van der Waals surface area (Å²) >= 11 is 0. The van der Waals surface area contributed by atoms with Crippen molar-refractivity contribution in [3.63, 3.8) is 0 Å². The van der Waals surface area contributed by atoms with Crippen LogP contribution in [0.1, 0.15) is 28.7 Å². The van der Waals surface area contributed by atoms with Gasteiger partial charge >= 0.3 is 0 Å². The molecule has 0 heterocycles. The number of benzene rings is 2. The largest absolute Gasteiger partial charge is 0.0795 e. The van der Waals surface area contributed by atoms with Gasteiger partial charge in [-0.1, -0.05) is 72.8 Å². The van der Waals surface area contributed by atoms with Crippen molar-refractivity contribution in [1.82, 2.24) is 0 Å². The Morgan fingerprint density at radius 2 is 1.32 bits per heavy atom. The standard InChI is InChI=1S/C19H14/c1-3-9-16-14(6-1)8-5-11-18(16)19-13-12-15-7-2-4-10-17(15)19/h1-10,12-13H,11H2/b19-18-. The van der Waals surface area contributed by atoms with Crippen LogP contribution < -0.4 is 0 Å². The zero-order valence-corrected chi connectivity index (χ0v) is 10.6. The Morgan fingerprint density at radius 3 is 2.16 bits per heavy atom. The third-order valence-electron chi connectivity index (χ3n) is 3.91. The van der Waals surface area contributed by atoms with Gasteiger partial charge in [0.15, 0.2) is 0 Å². The van der Waals surface area contributed by atoms with E-state index < -0.39 is 0 Å². The fraction of sp³-hybridized carbons (Fsp3) is 0.0526. The molecule has 0 saturated heterocycles. The summed E-state index contributed by atoms with van der Waals surface area (Å²) < 4.78 is 0. The molecule has 0 nitrogen and oxygen atoms in total. The molecule has 0 N–H and O–H groups in total. The minimum absolute atomic E-state index is 1.02. The molecule has 19 heavy (non-hydrogen) atoms. The molecule has 0 saturated carbocycles. The Balaban J connectivity index is 1.98. The van der Waals surface area contributed by atoms with Gasteiger partial charge in [0.25, 0.3) is 0 Å². The van der Waals surface area contributed by atoms with E-state index in [4.69, 9.17) is 0 Å². The van der Waals surface area contributed by atoms with E-state index in [9.17, 15) is 0 Å². The van der Waals surface area contributed by atoms with Crippen LogP contribution in [-0.4, -0.2) is 0 Å². The third-order valence-corrected chi connectivity index (χ3v) is 3.91. The first-order valence-electron chi connectivity index (χ1n) is 6.70. The Bertz CT molecular complexity index is 742. The fourth-order valence-electron chi connectivity index (χ4n) is 3.00. The van der Waals surface area contributed by atoms with Gasteiger partial charge in [-0.25, -0.2) is 0 Å². The first-order chi connectivity index (χ1) is 9.43. The van der Waals surface area contributed by atoms with E-state index >= 15 is 0 Å². The second-order valence-electron chi connectivity index (χ2n) is 5.01. The summed E-state index contributed by atoms with van der Waals surface area (Å²) in [6.45, 7) is 0. The first kappa shape index (κ1) is 10.6. The summed E-state index contributed by atoms with van der Waals surface area (Å²) in [7, 11) is 0. The highest BCUT2D eigenvalue weighted by atomic mass is 14.2. The number of allylic oxidation sites excluding steroid dienone is 4. The van der Waals surface area contributed by atoms with Gasteiger partial charge < -0.3 is 0 Å². The molecule has 0 atom stereocenters. The maximum atomic E-state index is 2.26. The van der Waals surface area contributed by atoms with Gasteiger partial charge in [0.1, 0.15) is 0 Å². The summed E-state index contributed by atoms with van der Waals surface area (Å²) in [4.78, 5) is 0.